The first kappa shape index (κ1) is 21.6. The number of morpholine rings is 1. The number of ether oxygens (including phenoxy) is 1. The van der Waals surface area contributed by atoms with E-state index in [1.54, 1.807) is 6.34 Å². The summed E-state index contributed by atoms with van der Waals surface area (Å²) in [7, 11) is 0. The zero-order valence-electron chi connectivity index (χ0n) is 17.6. The summed E-state index contributed by atoms with van der Waals surface area (Å²) in [5.74, 6) is -1.02. The van der Waals surface area contributed by atoms with Crippen LogP contribution in [0.3, 0.4) is 0 Å². The summed E-state index contributed by atoms with van der Waals surface area (Å²) in [5.41, 5.74) is 3.94. The Morgan fingerprint density at radius 2 is 1.82 bits per heavy atom. The molecule has 3 heterocycles. The summed E-state index contributed by atoms with van der Waals surface area (Å²) in [4.78, 5) is 24.5. The molecule has 1 aliphatic heterocycles. The minimum Gasteiger partial charge on any atom is -0.477 e. The van der Waals surface area contributed by atoms with E-state index in [0.29, 0.717) is 41.8 Å². The highest BCUT2D eigenvalue weighted by molar-refractivity contribution is 7.21. The highest BCUT2D eigenvalue weighted by Crippen LogP contribution is 2.44. The Morgan fingerprint density at radius 1 is 1.09 bits per heavy atom. The molecule has 166 valence electrons. The maximum atomic E-state index is 12.1. The largest absolute Gasteiger partial charge is 0.477 e. The number of nitrogens with zero attached hydrogens (tertiary/aromatic N) is 3. The molecule has 0 atom stereocenters. The lowest BCUT2D eigenvalue weighted by molar-refractivity contribution is 0.0696. The summed E-state index contributed by atoms with van der Waals surface area (Å²) in [6, 6.07) is 19.3. The van der Waals surface area contributed by atoms with Gasteiger partial charge in [0, 0.05) is 29.1 Å². The number of thiophene rings is 1. The van der Waals surface area contributed by atoms with Gasteiger partial charge in [-0.05, 0) is 29.3 Å². The number of hydrogen-bond acceptors (Lipinski definition) is 5. The van der Waals surface area contributed by atoms with Crippen LogP contribution in [-0.4, -0.2) is 53.6 Å². The van der Waals surface area contributed by atoms with Crippen LogP contribution in [-0.2, 0) is 4.74 Å². The molecular formula is C25H20ClN3O3S. The lowest BCUT2D eigenvalue weighted by Crippen LogP contribution is -2.35. The third-order valence-electron chi connectivity index (χ3n) is 5.45. The van der Waals surface area contributed by atoms with Gasteiger partial charge in [0.15, 0.2) is 0 Å². The predicted molar refractivity (Wildman–Crippen MR) is 133 cm³/mol. The summed E-state index contributed by atoms with van der Waals surface area (Å²) in [6.07, 6.45) is 1.72. The fourth-order valence-corrected chi connectivity index (χ4v) is 4.91. The zero-order valence-corrected chi connectivity index (χ0v) is 19.1. The molecule has 33 heavy (non-hydrogen) atoms. The molecular weight excluding hydrogens is 458 g/mol. The molecule has 6 nitrogen and oxygen atoms in total. The van der Waals surface area contributed by atoms with Crippen molar-refractivity contribution in [3.63, 3.8) is 0 Å². The second kappa shape index (κ2) is 9.31. The van der Waals surface area contributed by atoms with Crippen molar-refractivity contribution in [3.8, 4) is 22.4 Å². The van der Waals surface area contributed by atoms with Gasteiger partial charge in [-0.1, -0.05) is 54.1 Å². The zero-order chi connectivity index (χ0) is 22.8. The number of pyridine rings is 1. The second-order valence-corrected chi connectivity index (χ2v) is 9.02. The molecule has 0 aliphatic carbocycles. The number of carboxylic acids is 1. The van der Waals surface area contributed by atoms with E-state index >= 15 is 0 Å². The van der Waals surface area contributed by atoms with Crippen LogP contribution in [0.25, 0.3) is 32.6 Å². The molecule has 1 aliphatic rings. The molecule has 5 rings (SSSR count). The molecule has 4 aromatic rings. The highest BCUT2D eigenvalue weighted by atomic mass is 35.5. The molecule has 0 bridgehead atoms. The number of rotatable bonds is 5. The molecule has 8 heteroatoms. The summed E-state index contributed by atoms with van der Waals surface area (Å²) in [6.45, 7) is 2.68. The minimum atomic E-state index is -1.02. The molecule has 1 N–H and O–H groups in total. The Labute approximate surface area is 199 Å². The van der Waals surface area contributed by atoms with E-state index in [4.69, 9.17) is 21.3 Å². The SMILES string of the molecule is O=C(O)c1sc2nc(-c3ccccc3)cc(-c3ccc(Cl)cc3)c2c1N=CN1CCOCC1. The molecule has 2 aromatic heterocycles. The van der Waals surface area contributed by atoms with Crippen LogP contribution in [0, 0.1) is 0 Å². The van der Waals surface area contributed by atoms with E-state index in [9.17, 15) is 9.90 Å². The standard InChI is InChI=1S/C25H20ClN3O3S/c26-18-8-6-16(7-9-18)19-14-20(17-4-2-1-3-5-17)28-24-21(19)22(23(33-24)25(30)31)27-15-29-10-12-32-13-11-29/h1-9,14-15H,10-13H2,(H,30,31). The smallest absolute Gasteiger partial charge is 0.348 e. The van der Waals surface area contributed by atoms with Crippen LogP contribution in [0.1, 0.15) is 9.67 Å². The first-order valence-electron chi connectivity index (χ1n) is 10.5. The Kier molecular flexibility index (Phi) is 6.09. The van der Waals surface area contributed by atoms with E-state index < -0.39 is 5.97 Å². The van der Waals surface area contributed by atoms with E-state index in [2.05, 4.69) is 4.99 Å². The monoisotopic (exact) mass is 477 g/mol. The van der Waals surface area contributed by atoms with Crippen LogP contribution in [0.15, 0.2) is 65.7 Å². The average Bonchev–Trinajstić information content (AvgIpc) is 3.23. The third kappa shape index (κ3) is 4.48. The van der Waals surface area contributed by atoms with Crippen molar-refractivity contribution in [2.75, 3.05) is 26.3 Å². The van der Waals surface area contributed by atoms with Crippen molar-refractivity contribution in [2.45, 2.75) is 0 Å². The van der Waals surface area contributed by atoms with E-state index in [1.807, 2.05) is 65.6 Å². The molecule has 0 unspecified atom stereocenters. The molecule has 0 saturated carbocycles. The number of benzene rings is 2. The number of carboxylic acid groups (broad SMARTS) is 1. The summed E-state index contributed by atoms with van der Waals surface area (Å²) in [5, 5.41) is 11.3. The van der Waals surface area contributed by atoms with Crippen LogP contribution in [0.2, 0.25) is 5.02 Å². The second-order valence-electron chi connectivity index (χ2n) is 7.59. The first-order valence-corrected chi connectivity index (χ1v) is 11.7. The summed E-state index contributed by atoms with van der Waals surface area (Å²) >= 11 is 7.28. The fourth-order valence-electron chi connectivity index (χ4n) is 3.80. The molecule has 0 spiro atoms. The number of halogens is 1. The van der Waals surface area contributed by atoms with Gasteiger partial charge in [0.05, 0.1) is 25.2 Å². The fraction of sp³-hybridized carbons (Fsp3) is 0.160. The van der Waals surface area contributed by atoms with Crippen molar-refractivity contribution in [1.82, 2.24) is 9.88 Å². The maximum Gasteiger partial charge on any atom is 0.348 e. The molecule has 1 fully saturated rings. The van der Waals surface area contributed by atoms with Crippen LogP contribution in [0.4, 0.5) is 5.69 Å². The van der Waals surface area contributed by atoms with Crippen molar-refractivity contribution in [3.05, 3.63) is 70.6 Å². The van der Waals surface area contributed by atoms with Crippen LogP contribution in [0.5, 0.6) is 0 Å². The van der Waals surface area contributed by atoms with Gasteiger partial charge in [0.1, 0.15) is 15.4 Å². The lowest BCUT2D eigenvalue weighted by Gasteiger charge is -2.24. The molecule has 2 aromatic carbocycles. The Bertz CT molecular complexity index is 1330. The van der Waals surface area contributed by atoms with Crippen molar-refractivity contribution < 1.29 is 14.6 Å². The van der Waals surface area contributed by atoms with Gasteiger partial charge in [0.25, 0.3) is 0 Å². The Balaban J connectivity index is 1.74. The molecule has 0 amide bonds. The number of aliphatic imine (C=N–C) groups is 1. The minimum absolute atomic E-state index is 0.169. The Hall–Kier alpha value is -3.26. The average molecular weight is 478 g/mol. The summed E-state index contributed by atoms with van der Waals surface area (Å²) < 4.78 is 5.39. The molecule has 1 saturated heterocycles. The van der Waals surface area contributed by atoms with Crippen molar-refractivity contribution in [1.29, 1.82) is 0 Å². The van der Waals surface area contributed by atoms with Gasteiger partial charge in [0.2, 0.25) is 0 Å². The van der Waals surface area contributed by atoms with E-state index in [0.717, 1.165) is 39.1 Å². The van der Waals surface area contributed by atoms with Crippen molar-refractivity contribution >= 4 is 51.1 Å². The van der Waals surface area contributed by atoms with Gasteiger partial charge < -0.3 is 14.7 Å². The van der Waals surface area contributed by atoms with Gasteiger partial charge in [-0.25, -0.2) is 14.8 Å². The normalized spacial score (nSPS) is 14.3. The van der Waals surface area contributed by atoms with Gasteiger partial charge in [-0.3, -0.25) is 0 Å². The molecule has 0 radical (unpaired) electrons. The first-order chi connectivity index (χ1) is 16.1. The van der Waals surface area contributed by atoms with E-state index in [-0.39, 0.29) is 4.88 Å². The lowest BCUT2D eigenvalue weighted by atomic mass is 9.99. The highest BCUT2D eigenvalue weighted by Gasteiger charge is 2.23. The predicted octanol–water partition coefficient (Wildman–Crippen LogP) is 5.97. The number of hydrogen-bond donors (Lipinski definition) is 1. The van der Waals surface area contributed by atoms with Crippen LogP contribution >= 0.6 is 22.9 Å². The number of aromatic nitrogens is 1. The van der Waals surface area contributed by atoms with E-state index in [1.165, 1.54) is 0 Å². The van der Waals surface area contributed by atoms with Gasteiger partial charge in [-0.2, -0.15) is 0 Å². The van der Waals surface area contributed by atoms with Crippen molar-refractivity contribution in [2.24, 2.45) is 4.99 Å². The number of fused-ring (bicyclic) bond motifs is 1. The number of aromatic carboxylic acids is 1. The topological polar surface area (TPSA) is 75.0 Å². The Morgan fingerprint density at radius 3 is 2.52 bits per heavy atom. The maximum absolute atomic E-state index is 12.1. The van der Waals surface area contributed by atoms with Crippen LogP contribution < -0.4 is 0 Å². The quantitative estimate of drug-likeness (QED) is 0.283. The third-order valence-corrected chi connectivity index (χ3v) is 6.76. The van der Waals surface area contributed by atoms with Gasteiger partial charge >= 0.3 is 5.97 Å². The van der Waals surface area contributed by atoms with Gasteiger partial charge in [-0.15, -0.1) is 11.3 Å². The number of carbonyl (C=O) groups is 1.